The zero-order valence-electron chi connectivity index (χ0n) is 19.7. The highest BCUT2D eigenvalue weighted by Gasteiger charge is 2.19. The first-order valence-electron chi connectivity index (χ1n) is 11.1. The number of benzene rings is 1. The standard InChI is InChI=1S/C18H21N7O2.C5H11N/c1-9-10(2)12(6-5-11(9)7-13(26)25(3)4)22-18(27)15-14-16(19)20-8-21-17(14)24-23-15;1-2-4-6-5-3-1/h5-6,8H,7H2,1-4H3,(H,22,27)(H3,19,20,21,23,24);6H,1-5H2. The number of nitrogen functional groups attached to an aromatic ring is 1. The number of rotatable bonds is 4. The fraction of sp³-hybridized carbons (Fsp3) is 0.435. The zero-order chi connectivity index (χ0) is 24.0. The molecule has 33 heavy (non-hydrogen) atoms. The number of nitrogens with one attached hydrogen (secondary N) is 3. The summed E-state index contributed by atoms with van der Waals surface area (Å²) in [5.74, 6) is -0.184. The summed E-state index contributed by atoms with van der Waals surface area (Å²) in [5, 5.41) is 13.2. The molecule has 3 heterocycles. The van der Waals surface area contributed by atoms with Crippen molar-refractivity contribution < 1.29 is 9.59 Å². The smallest absolute Gasteiger partial charge is 0.274 e. The van der Waals surface area contributed by atoms with E-state index in [-0.39, 0.29) is 17.4 Å². The van der Waals surface area contributed by atoms with Gasteiger partial charge in [0.2, 0.25) is 5.91 Å². The van der Waals surface area contributed by atoms with Crippen LogP contribution in [0.1, 0.15) is 46.4 Å². The Kier molecular flexibility index (Phi) is 7.94. The molecule has 5 N–H and O–H groups in total. The summed E-state index contributed by atoms with van der Waals surface area (Å²) in [6.45, 7) is 6.33. The Hall–Kier alpha value is -3.53. The molecule has 10 nitrogen and oxygen atoms in total. The third-order valence-electron chi connectivity index (χ3n) is 5.80. The molecule has 10 heteroatoms. The lowest BCUT2D eigenvalue weighted by molar-refractivity contribution is -0.127. The molecule has 2 aromatic heterocycles. The van der Waals surface area contributed by atoms with Crippen molar-refractivity contribution in [2.75, 3.05) is 38.2 Å². The van der Waals surface area contributed by atoms with E-state index in [0.717, 1.165) is 16.7 Å². The fourth-order valence-corrected chi connectivity index (χ4v) is 3.55. The molecule has 176 valence electrons. The van der Waals surface area contributed by atoms with Crippen LogP contribution in [-0.4, -0.2) is 64.1 Å². The van der Waals surface area contributed by atoms with Crippen molar-refractivity contribution in [2.45, 2.75) is 39.5 Å². The summed E-state index contributed by atoms with van der Waals surface area (Å²) >= 11 is 0. The average Bonchev–Trinajstić information content (AvgIpc) is 3.26. The van der Waals surface area contributed by atoms with Crippen LogP contribution in [0.2, 0.25) is 0 Å². The maximum absolute atomic E-state index is 12.7. The quantitative estimate of drug-likeness (QED) is 0.475. The number of nitrogens with zero attached hydrogens (tertiary/aromatic N) is 4. The van der Waals surface area contributed by atoms with Crippen molar-refractivity contribution in [1.82, 2.24) is 30.4 Å². The van der Waals surface area contributed by atoms with Crippen LogP contribution in [0.5, 0.6) is 0 Å². The molecule has 1 aliphatic rings. The first-order valence-corrected chi connectivity index (χ1v) is 11.1. The second kappa shape index (κ2) is 10.9. The van der Waals surface area contributed by atoms with Gasteiger partial charge in [-0.2, -0.15) is 5.10 Å². The predicted molar refractivity (Wildman–Crippen MR) is 129 cm³/mol. The van der Waals surface area contributed by atoms with Gasteiger partial charge in [0.25, 0.3) is 5.91 Å². The van der Waals surface area contributed by atoms with E-state index in [1.807, 2.05) is 19.9 Å². The molecule has 1 fully saturated rings. The number of likely N-dealkylation sites (N-methyl/N-ethyl adjacent to an activating group) is 1. The molecule has 2 amide bonds. The Labute approximate surface area is 193 Å². The van der Waals surface area contributed by atoms with E-state index in [2.05, 4.69) is 30.8 Å². The van der Waals surface area contributed by atoms with Crippen molar-refractivity contribution in [3.63, 3.8) is 0 Å². The van der Waals surface area contributed by atoms with Crippen LogP contribution in [0, 0.1) is 13.8 Å². The van der Waals surface area contributed by atoms with E-state index in [1.165, 1.54) is 38.7 Å². The normalized spacial score (nSPS) is 13.2. The second-order valence-electron chi connectivity index (χ2n) is 8.31. The third-order valence-corrected chi connectivity index (χ3v) is 5.80. The van der Waals surface area contributed by atoms with Gasteiger partial charge in [-0.05, 0) is 62.5 Å². The lowest BCUT2D eigenvalue weighted by Crippen LogP contribution is -2.24. The molecule has 0 unspecified atom stereocenters. The van der Waals surface area contributed by atoms with E-state index in [9.17, 15) is 9.59 Å². The van der Waals surface area contributed by atoms with Crippen molar-refractivity contribution in [3.05, 3.63) is 40.8 Å². The number of aromatic nitrogens is 4. The van der Waals surface area contributed by atoms with E-state index in [4.69, 9.17) is 5.73 Å². The highest BCUT2D eigenvalue weighted by molar-refractivity contribution is 6.13. The zero-order valence-corrected chi connectivity index (χ0v) is 19.7. The Morgan fingerprint density at radius 3 is 2.42 bits per heavy atom. The average molecular weight is 453 g/mol. The molecule has 1 aliphatic heterocycles. The van der Waals surface area contributed by atoms with Gasteiger partial charge in [-0.3, -0.25) is 14.7 Å². The number of amides is 2. The fourth-order valence-electron chi connectivity index (χ4n) is 3.55. The minimum atomic E-state index is -0.390. The molecular formula is C23H32N8O2. The van der Waals surface area contributed by atoms with Crippen LogP contribution in [0.4, 0.5) is 11.5 Å². The number of fused-ring (bicyclic) bond motifs is 1. The van der Waals surface area contributed by atoms with Gasteiger partial charge in [-0.1, -0.05) is 12.5 Å². The molecule has 0 radical (unpaired) electrons. The van der Waals surface area contributed by atoms with Gasteiger partial charge in [0.05, 0.1) is 11.8 Å². The number of H-pyrrole nitrogens is 1. The first-order chi connectivity index (χ1) is 15.8. The van der Waals surface area contributed by atoms with Gasteiger partial charge in [0.1, 0.15) is 17.8 Å². The van der Waals surface area contributed by atoms with Crippen molar-refractivity contribution >= 4 is 34.4 Å². The number of carbonyl (C=O) groups is 2. The summed E-state index contributed by atoms with van der Waals surface area (Å²) in [6.07, 6.45) is 5.82. The number of nitrogens with two attached hydrogens (primary N) is 1. The van der Waals surface area contributed by atoms with E-state index in [0.29, 0.717) is 23.1 Å². The van der Waals surface area contributed by atoms with E-state index in [1.54, 1.807) is 25.1 Å². The molecule has 1 saturated heterocycles. The number of hydrogen-bond acceptors (Lipinski definition) is 7. The van der Waals surface area contributed by atoms with Crippen molar-refractivity contribution in [1.29, 1.82) is 0 Å². The van der Waals surface area contributed by atoms with Gasteiger partial charge < -0.3 is 21.3 Å². The summed E-state index contributed by atoms with van der Waals surface area (Å²) in [4.78, 5) is 34.1. The van der Waals surface area contributed by atoms with Crippen LogP contribution < -0.4 is 16.4 Å². The molecule has 4 rings (SSSR count). The molecule has 0 atom stereocenters. The summed E-state index contributed by atoms with van der Waals surface area (Å²) in [7, 11) is 3.45. The topological polar surface area (TPSA) is 142 Å². The Bertz CT molecular complexity index is 1120. The highest BCUT2D eigenvalue weighted by Crippen LogP contribution is 2.25. The Balaban J connectivity index is 0.000000442. The minimum Gasteiger partial charge on any atom is -0.383 e. The maximum atomic E-state index is 12.7. The van der Waals surface area contributed by atoms with Crippen LogP contribution in [0.15, 0.2) is 18.5 Å². The van der Waals surface area contributed by atoms with Gasteiger partial charge in [-0.15, -0.1) is 0 Å². The van der Waals surface area contributed by atoms with Crippen LogP contribution in [-0.2, 0) is 11.2 Å². The maximum Gasteiger partial charge on any atom is 0.274 e. The van der Waals surface area contributed by atoms with Crippen LogP contribution in [0.25, 0.3) is 11.0 Å². The molecule has 1 aromatic carbocycles. The van der Waals surface area contributed by atoms with Gasteiger partial charge in [-0.25, -0.2) is 9.97 Å². The predicted octanol–water partition coefficient (Wildman–Crippen LogP) is 2.19. The summed E-state index contributed by atoms with van der Waals surface area (Å²) < 4.78 is 0. The van der Waals surface area contributed by atoms with Crippen molar-refractivity contribution in [2.24, 2.45) is 0 Å². The molecular weight excluding hydrogens is 420 g/mol. The summed E-state index contributed by atoms with van der Waals surface area (Å²) in [5.41, 5.74) is 9.81. The number of anilines is 2. The molecule has 0 saturated carbocycles. The Morgan fingerprint density at radius 2 is 1.82 bits per heavy atom. The molecule has 3 aromatic rings. The van der Waals surface area contributed by atoms with Crippen molar-refractivity contribution in [3.8, 4) is 0 Å². The van der Waals surface area contributed by atoms with Crippen LogP contribution >= 0.6 is 0 Å². The van der Waals surface area contributed by atoms with E-state index >= 15 is 0 Å². The van der Waals surface area contributed by atoms with Gasteiger partial charge in [0.15, 0.2) is 5.65 Å². The summed E-state index contributed by atoms with van der Waals surface area (Å²) in [6, 6.07) is 3.64. The lowest BCUT2D eigenvalue weighted by atomic mass is 9.98. The van der Waals surface area contributed by atoms with E-state index < -0.39 is 5.91 Å². The molecule has 0 aliphatic carbocycles. The number of carbonyl (C=O) groups excluding carboxylic acids is 2. The van der Waals surface area contributed by atoms with Gasteiger partial charge >= 0.3 is 0 Å². The number of piperidine rings is 1. The first kappa shape index (κ1) is 24.1. The molecule has 0 spiro atoms. The Morgan fingerprint density at radius 1 is 1.09 bits per heavy atom. The third kappa shape index (κ3) is 5.83. The number of hydrogen-bond donors (Lipinski definition) is 4. The molecule has 0 bridgehead atoms. The largest absolute Gasteiger partial charge is 0.383 e. The monoisotopic (exact) mass is 452 g/mol. The lowest BCUT2D eigenvalue weighted by Gasteiger charge is -2.16. The second-order valence-corrected chi connectivity index (χ2v) is 8.31. The number of aromatic amines is 1. The SMILES string of the molecule is C1CCNCC1.Cc1c(CC(=O)N(C)C)ccc(NC(=O)c2[nH]nc3ncnc(N)c23)c1C. The van der Waals surface area contributed by atoms with Gasteiger partial charge in [0, 0.05) is 19.8 Å². The van der Waals surface area contributed by atoms with Crippen LogP contribution in [0.3, 0.4) is 0 Å². The highest BCUT2D eigenvalue weighted by atomic mass is 16.2. The minimum absolute atomic E-state index is 0.0219.